The van der Waals surface area contributed by atoms with Gasteiger partial charge in [0, 0.05) is 18.1 Å². The van der Waals surface area contributed by atoms with Crippen molar-refractivity contribution in [1.82, 2.24) is 9.88 Å². The Kier molecular flexibility index (Phi) is 5.99. The van der Waals surface area contributed by atoms with Gasteiger partial charge in [0.15, 0.2) is 5.69 Å². The number of aryl methyl sites for hydroxylation is 1. The van der Waals surface area contributed by atoms with Crippen LogP contribution in [0.4, 0.5) is 10.5 Å². The third-order valence-corrected chi connectivity index (χ3v) is 5.29. The predicted octanol–water partition coefficient (Wildman–Crippen LogP) is 3.16. The van der Waals surface area contributed by atoms with E-state index in [1.165, 1.54) is 35.2 Å². The summed E-state index contributed by atoms with van der Waals surface area (Å²) >= 11 is 1.33. The fourth-order valence-corrected chi connectivity index (χ4v) is 3.73. The number of urea groups is 1. The highest BCUT2D eigenvalue weighted by atomic mass is 32.1. The number of benzene rings is 1. The van der Waals surface area contributed by atoms with Crippen molar-refractivity contribution in [3.63, 3.8) is 0 Å². The third-order valence-electron chi connectivity index (χ3n) is 4.24. The van der Waals surface area contributed by atoms with Crippen molar-refractivity contribution in [2.45, 2.75) is 12.5 Å². The number of carbonyl (C=O) groups is 2. The first-order valence-electron chi connectivity index (χ1n) is 8.67. The number of aromatic hydroxyl groups is 1. The molecule has 1 aromatic carbocycles. The summed E-state index contributed by atoms with van der Waals surface area (Å²) in [6.07, 6.45) is 1.03. The van der Waals surface area contributed by atoms with E-state index >= 15 is 0 Å². The molecule has 29 heavy (non-hydrogen) atoms. The van der Waals surface area contributed by atoms with E-state index in [2.05, 4.69) is 10.6 Å². The van der Waals surface area contributed by atoms with E-state index in [-0.39, 0.29) is 17.9 Å². The lowest BCUT2D eigenvalue weighted by molar-refractivity contribution is -0.137. The molecule has 150 valence electrons. The fraction of sp³-hybridized carbons (Fsp3) is 0.150. The molecule has 0 fully saturated rings. The molecule has 3 aromatic rings. The van der Waals surface area contributed by atoms with Crippen molar-refractivity contribution in [1.29, 1.82) is 0 Å². The SMILES string of the molecule is Cn1ccc(O)c(NC(=O)N[C@@H](CC(=O)O)c2cc(-c3ccccc3)cs2)c1=O. The fourth-order valence-electron chi connectivity index (χ4n) is 2.76. The van der Waals surface area contributed by atoms with Gasteiger partial charge in [-0.25, -0.2) is 4.79 Å². The zero-order valence-electron chi connectivity index (χ0n) is 15.5. The summed E-state index contributed by atoms with van der Waals surface area (Å²) < 4.78 is 1.20. The minimum atomic E-state index is -1.08. The average Bonchev–Trinajstić information content (AvgIpc) is 3.18. The predicted molar refractivity (Wildman–Crippen MR) is 110 cm³/mol. The lowest BCUT2D eigenvalue weighted by Gasteiger charge is -2.16. The van der Waals surface area contributed by atoms with Crippen molar-refractivity contribution in [2.75, 3.05) is 5.32 Å². The van der Waals surface area contributed by atoms with Gasteiger partial charge in [-0.05, 0) is 28.6 Å². The number of hydrogen-bond donors (Lipinski definition) is 4. The van der Waals surface area contributed by atoms with Gasteiger partial charge in [0.05, 0.1) is 12.5 Å². The van der Waals surface area contributed by atoms with E-state index in [9.17, 15) is 24.6 Å². The average molecular weight is 413 g/mol. The first-order chi connectivity index (χ1) is 13.8. The van der Waals surface area contributed by atoms with Crippen LogP contribution in [0.15, 0.2) is 58.8 Å². The van der Waals surface area contributed by atoms with Crippen molar-refractivity contribution in [2.24, 2.45) is 7.05 Å². The van der Waals surface area contributed by atoms with Gasteiger partial charge in [-0.15, -0.1) is 11.3 Å². The molecule has 9 heteroatoms. The van der Waals surface area contributed by atoms with E-state index < -0.39 is 23.6 Å². The van der Waals surface area contributed by atoms with Crippen molar-refractivity contribution in [3.8, 4) is 16.9 Å². The highest BCUT2D eigenvalue weighted by molar-refractivity contribution is 7.10. The first kappa shape index (κ1) is 20.2. The summed E-state index contributed by atoms with van der Waals surface area (Å²) in [4.78, 5) is 36.4. The van der Waals surface area contributed by atoms with Gasteiger partial charge in [0.1, 0.15) is 5.75 Å². The Morgan fingerprint density at radius 2 is 1.90 bits per heavy atom. The molecule has 0 radical (unpaired) electrons. The number of nitrogens with one attached hydrogen (secondary N) is 2. The monoisotopic (exact) mass is 413 g/mol. The van der Waals surface area contributed by atoms with Crippen LogP contribution >= 0.6 is 11.3 Å². The summed E-state index contributed by atoms with van der Waals surface area (Å²) in [7, 11) is 1.48. The second-order valence-corrected chi connectivity index (χ2v) is 7.29. The molecule has 0 aliphatic carbocycles. The number of aromatic nitrogens is 1. The lowest BCUT2D eigenvalue weighted by atomic mass is 10.1. The van der Waals surface area contributed by atoms with Gasteiger partial charge < -0.3 is 25.4 Å². The zero-order chi connectivity index (χ0) is 21.0. The number of aliphatic carboxylic acids is 1. The Bertz CT molecular complexity index is 1090. The molecule has 0 aliphatic rings. The molecule has 0 aliphatic heterocycles. The second kappa shape index (κ2) is 8.61. The molecule has 0 bridgehead atoms. The Labute approximate surface area is 170 Å². The van der Waals surface area contributed by atoms with Gasteiger partial charge >= 0.3 is 12.0 Å². The van der Waals surface area contributed by atoms with E-state index in [0.717, 1.165) is 11.1 Å². The van der Waals surface area contributed by atoms with Gasteiger partial charge in [-0.3, -0.25) is 9.59 Å². The maximum Gasteiger partial charge on any atom is 0.320 e. The Balaban J connectivity index is 1.81. The second-order valence-electron chi connectivity index (χ2n) is 6.34. The molecule has 4 N–H and O–H groups in total. The Morgan fingerprint density at radius 1 is 1.17 bits per heavy atom. The maximum atomic E-state index is 12.4. The number of carboxylic acids is 1. The van der Waals surface area contributed by atoms with Crippen LogP contribution in [0.5, 0.6) is 5.75 Å². The van der Waals surface area contributed by atoms with E-state index in [4.69, 9.17) is 0 Å². The van der Waals surface area contributed by atoms with Crippen LogP contribution in [0.3, 0.4) is 0 Å². The Morgan fingerprint density at radius 3 is 2.59 bits per heavy atom. The molecule has 2 amide bonds. The van der Waals surface area contributed by atoms with E-state index in [1.54, 1.807) is 0 Å². The summed E-state index contributed by atoms with van der Waals surface area (Å²) in [6.45, 7) is 0. The molecule has 0 unspecified atom stereocenters. The van der Waals surface area contributed by atoms with Gasteiger partial charge in [-0.2, -0.15) is 0 Å². The first-order valence-corrected chi connectivity index (χ1v) is 9.55. The van der Waals surface area contributed by atoms with Gasteiger partial charge in [-0.1, -0.05) is 30.3 Å². The number of pyridine rings is 1. The van der Waals surface area contributed by atoms with Crippen molar-refractivity contribution < 1.29 is 19.8 Å². The van der Waals surface area contributed by atoms with Crippen molar-refractivity contribution >= 4 is 29.0 Å². The molecular weight excluding hydrogens is 394 g/mol. The van der Waals surface area contributed by atoms with E-state index in [0.29, 0.717) is 4.88 Å². The number of thiophene rings is 1. The minimum Gasteiger partial charge on any atom is -0.505 e. The molecule has 2 aromatic heterocycles. The van der Waals surface area contributed by atoms with Crippen LogP contribution < -0.4 is 16.2 Å². The third kappa shape index (κ3) is 4.82. The number of rotatable bonds is 6. The van der Waals surface area contributed by atoms with Crippen LogP contribution in [0.2, 0.25) is 0 Å². The Hall–Kier alpha value is -3.59. The normalized spacial score (nSPS) is 11.6. The van der Waals surface area contributed by atoms with Crippen LogP contribution in [0.25, 0.3) is 11.1 Å². The number of anilines is 1. The highest BCUT2D eigenvalue weighted by Gasteiger charge is 2.21. The molecule has 2 heterocycles. The summed E-state index contributed by atoms with van der Waals surface area (Å²) in [5.41, 5.74) is 1.03. The lowest BCUT2D eigenvalue weighted by Crippen LogP contribution is -2.35. The standard InChI is InChI=1S/C20H19N3O5S/c1-23-8-7-15(24)18(19(23)27)22-20(28)21-14(10-17(25)26)16-9-13(11-29-16)12-5-3-2-4-6-12/h2-9,11,14,24H,10H2,1H3,(H,25,26)(H2,21,22,28)/t14-/m0/s1. The topological polar surface area (TPSA) is 121 Å². The minimum absolute atomic E-state index is 0.280. The van der Waals surface area contributed by atoms with E-state index in [1.807, 2.05) is 41.8 Å². The quantitative estimate of drug-likeness (QED) is 0.495. The summed E-state index contributed by atoms with van der Waals surface area (Å²) in [5, 5.41) is 25.8. The van der Waals surface area contributed by atoms with Gasteiger partial charge in [0.2, 0.25) is 0 Å². The molecule has 3 rings (SSSR count). The van der Waals surface area contributed by atoms with Crippen LogP contribution in [0.1, 0.15) is 17.3 Å². The number of nitrogens with zero attached hydrogens (tertiary/aromatic N) is 1. The van der Waals surface area contributed by atoms with Gasteiger partial charge in [0.25, 0.3) is 5.56 Å². The number of carbonyl (C=O) groups excluding carboxylic acids is 1. The van der Waals surface area contributed by atoms with Crippen LogP contribution in [-0.4, -0.2) is 26.8 Å². The molecule has 8 nitrogen and oxygen atoms in total. The number of carboxylic acid groups (broad SMARTS) is 1. The van der Waals surface area contributed by atoms with Crippen molar-refractivity contribution in [3.05, 3.63) is 69.3 Å². The number of hydrogen-bond acceptors (Lipinski definition) is 5. The van der Waals surface area contributed by atoms with Crippen LogP contribution in [0, 0.1) is 0 Å². The molecule has 1 atom stereocenters. The number of amides is 2. The summed E-state index contributed by atoms with van der Waals surface area (Å²) in [5.74, 6) is -1.45. The highest BCUT2D eigenvalue weighted by Crippen LogP contribution is 2.31. The smallest absolute Gasteiger partial charge is 0.320 e. The molecule has 0 saturated heterocycles. The van der Waals surface area contributed by atoms with Crippen LogP contribution in [-0.2, 0) is 11.8 Å². The largest absolute Gasteiger partial charge is 0.505 e. The molecule has 0 saturated carbocycles. The molecule has 0 spiro atoms. The zero-order valence-corrected chi connectivity index (χ0v) is 16.3. The molecular formula is C20H19N3O5S. The maximum absolute atomic E-state index is 12.4. The summed E-state index contributed by atoms with van der Waals surface area (Å²) in [6, 6.07) is 11.1.